The van der Waals surface area contributed by atoms with Crippen molar-refractivity contribution >= 4 is 0 Å². The Morgan fingerprint density at radius 2 is 2.31 bits per heavy atom. The van der Waals surface area contributed by atoms with Crippen molar-refractivity contribution in [2.45, 2.75) is 25.9 Å². The summed E-state index contributed by atoms with van der Waals surface area (Å²) in [6, 6.07) is 5.93. The number of rotatable bonds is 4. The molecule has 0 spiro atoms. The lowest BCUT2D eigenvalue weighted by Gasteiger charge is -2.09. The van der Waals surface area contributed by atoms with Crippen LogP contribution in [0.1, 0.15) is 24.2 Å². The summed E-state index contributed by atoms with van der Waals surface area (Å²) in [5.74, 6) is 0.313. The summed E-state index contributed by atoms with van der Waals surface area (Å²) < 4.78 is 1.81. The van der Waals surface area contributed by atoms with Gasteiger partial charge >= 0.3 is 0 Å². The van der Waals surface area contributed by atoms with Gasteiger partial charge in [0.25, 0.3) is 0 Å². The van der Waals surface area contributed by atoms with Crippen LogP contribution in [0, 0.1) is 0 Å². The zero-order chi connectivity index (χ0) is 11.4. The van der Waals surface area contributed by atoms with Gasteiger partial charge in [0.15, 0.2) is 0 Å². The first-order valence-electron chi connectivity index (χ1n) is 5.29. The second-order valence-electron chi connectivity index (χ2n) is 3.79. The zero-order valence-electron chi connectivity index (χ0n) is 9.24. The first-order valence-corrected chi connectivity index (χ1v) is 5.29. The summed E-state index contributed by atoms with van der Waals surface area (Å²) in [6.45, 7) is 3.31. The van der Waals surface area contributed by atoms with Crippen molar-refractivity contribution in [3.05, 3.63) is 42.0 Å². The smallest absolute Gasteiger partial charge is 0.0962 e. The van der Waals surface area contributed by atoms with Crippen LogP contribution < -0.4 is 5.73 Å². The lowest BCUT2D eigenvalue weighted by atomic mass is 10.1. The van der Waals surface area contributed by atoms with Gasteiger partial charge in [0.05, 0.1) is 12.2 Å². The molecule has 1 unspecified atom stereocenters. The predicted octanol–water partition coefficient (Wildman–Crippen LogP) is 0.935. The van der Waals surface area contributed by atoms with Gasteiger partial charge in [-0.1, -0.05) is 18.2 Å². The maximum absolute atomic E-state index is 5.48. The average Bonchev–Trinajstić information content (AvgIpc) is 2.78. The van der Waals surface area contributed by atoms with Crippen molar-refractivity contribution in [3.8, 4) is 0 Å². The minimum Gasteiger partial charge on any atom is -0.325 e. The standard InChI is InChI=1S/C11H15N5/c1-9(11-4-2-3-5-13-11)7-16-8-10(6-12)14-15-16/h2-5,8-9H,6-7,12H2,1H3. The van der Waals surface area contributed by atoms with E-state index in [0.29, 0.717) is 12.5 Å². The molecular weight excluding hydrogens is 202 g/mol. The lowest BCUT2D eigenvalue weighted by Crippen LogP contribution is -2.08. The molecule has 0 radical (unpaired) electrons. The molecule has 0 amide bonds. The number of nitrogens with two attached hydrogens (primary N) is 1. The molecule has 0 saturated heterocycles. The summed E-state index contributed by atoms with van der Waals surface area (Å²) in [5, 5.41) is 7.96. The molecule has 0 fully saturated rings. The van der Waals surface area contributed by atoms with Gasteiger partial charge < -0.3 is 5.73 Å². The highest BCUT2D eigenvalue weighted by Gasteiger charge is 2.08. The van der Waals surface area contributed by atoms with Crippen LogP contribution in [0.3, 0.4) is 0 Å². The molecule has 0 aliphatic heterocycles. The second-order valence-corrected chi connectivity index (χ2v) is 3.79. The number of pyridine rings is 1. The molecule has 2 aromatic rings. The van der Waals surface area contributed by atoms with Gasteiger partial charge in [0, 0.05) is 30.6 Å². The van der Waals surface area contributed by atoms with Crippen molar-refractivity contribution in [1.29, 1.82) is 0 Å². The molecular formula is C11H15N5. The zero-order valence-corrected chi connectivity index (χ0v) is 9.24. The van der Waals surface area contributed by atoms with Crippen LogP contribution in [0.25, 0.3) is 0 Å². The molecule has 0 bridgehead atoms. The molecule has 5 nitrogen and oxygen atoms in total. The van der Waals surface area contributed by atoms with Gasteiger partial charge in [-0.15, -0.1) is 5.10 Å². The normalized spacial score (nSPS) is 12.6. The third kappa shape index (κ3) is 2.43. The molecule has 5 heteroatoms. The fraction of sp³-hybridized carbons (Fsp3) is 0.364. The van der Waals surface area contributed by atoms with Gasteiger partial charge in [-0.25, -0.2) is 0 Å². The third-order valence-electron chi connectivity index (χ3n) is 2.45. The summed E-state index contributed by atoms with van der Waals surface area (Å²) >= 11 is 0. The summed E-state index contributed by atoms with van der Waals surface area (Å²) in [6.07, 6.45) is 3.68. The summed E-state index contributed by atoms with van der Waals surface area (Å²) in [5.41, 5.74) is 7.35. The molecule has 84 valence electrons. The van der Waals surface area contributed by atoms with Crippen LogP contribution in [-0.2, 0) is 13.1 Å². The quantitative estimate of drug-likeness (QED) is 0.827. The van der Waals surface area contributed by atoms with Gasteiger partial charge in [-0.05, 0) is 12.1 Å². The third-order valence-corrected chi connectivity index (χ3v) is 2.45. The Morgan fingerprint density at radius 1 is 1.44 bits per heavy atom. The van der Waals surface area contributed by atoms with E-state index in [9.17, 15) is 0 Å². The number of aromatic nitrogens is 4. The van der Waals surface area contributed by atoms with Crippen molar-refractivity contribution in [3.63, 3.8) is 0 Å². The van der Waals surface area contributed by atoms with Gasteiger partial charge in [0.1, 0.15) is 0 Å². The van der Waals surface area contributed by atoms with Gasteiger partial charge in [-0.2, -0.15) is 0 Å². The average molecular weight is 217 g/mol. The number of hydrogen-bond acceptors (Lipinski definition) is 4. The monoisotopic (exact) mass is 217 g/mol. The van der Waals surface area contributed by atoms with Crippen LogP contribution >= 0.6 is 0 Å². The molecule has 2 heterocycles. The molecule has 0 aliphatic rings. The SMILES string of the molecule is CC(Cn1cc(CN)nn1)c1ccccn1. The first kappa shape index (κ1) is 10.8. The summed E-state index contributed by atoms with van der Waals surface area (Å²) in [4.78, 5) is 4.32. The van der Waals surface area contributed by atoms with E-state index in [0.717, 1.165) is 17.9 Å². The van der Waals surface area contributed by atoms with E-state index in [1.807, 2.05) is 29.1 Å². The minimum absolute atomic E-state index is 0.313. The number of hydrogen-bond donors (Lipinski definition) is 1. The Morgan fingerprint density at radius 3 is 2.94 bits per heavy atom. The van der Waals surface area contributed by atoms with Gasteiger partial charge in [0.2, 0.25) is 0 Å². The maximum atomic E-state index is 5.48. The highest BCUT2D eigenvalue weighted by molar-refractivity contribution is 5.08. The summed E-state index contributed by atoms with van der Waals surface area (Å²) in [7, 11) is 0. The molecule has 0 saturated carbocycles. The van der Waals surface area contributed by atoms with E-state index in [1.165, 1.54) is 0 Å². The van der Waals surface area contributed by atoms with Crippen LogP contribution in [0.4, 0.5) is 0 Å². The molecule has 0 aliphatic carbocycles. The highest BCUT2D eigenvalue weighted by atomic mass is 15.4. The Balaban J connectivity index is 2.05. The Bertz CT molecular complexity index is 437. The van der Waals surface area contributed by atoms with E-state index in [1.54, 1.807) is 6.20 Å². The lowest BCUT2D eigenvalue weighted by molar-refractivity contribution is 0.519. The van der Waals surface area contributed by atoms with E-state index in [4.69, 9.17) is 5.73 Å². The molecule has 16 heavy (non-hydrogen) atoms. The Kier molecular flexibility index (Phi) is 3.26. The maximum Gasteiger partial charge on any atom is 0.0962 e. The first-order chi connectivity index (χ1) is 7.79. The van der Waals surface area contributed by atoms with Crippen LogP contribution in [0.15, 0.2) is 30.6 Å². The van der Waals surface area contributed by atoms with Crippen molar-refractivity contribution in [1.82, 2.24) is 20.0 Å². The largest absolute Gasteiger partial charge is 0.325 e. The topological polar surface area (TPSA) is 69.6 Å². The Hall–Kier alpha value is -1.75. The van der Waals surface area contributed by atoms with Gasteiger partial charge in [-0.3, -0.25) is 9.67 Å². The van der Waals surface area contributed by atoms with Crippen molar-refractivity contribution < 1.29 is 0 Å². The predicted molar refractivity (Wildman–Crippen MR) is 60.6 cm³/mol. The molecule has 1 atom stereocenters. The second kappa shape index (κ2) is 4.85. The Labute approximate surface area is 94.3 Å². The molecule has 0 aromatic carbocycles. The molecule has 2 aromatic heterocycles. The van der Waals surface area contributed by atoms with Crippen LogP contribution in [-0.4, -0.2) is 20.0 Å². The minimum atomic E-state index is 0.313. The van der Waals surface area contributed by atoms with E-state index in [-0.39, 0.29) is 0 Å². The highest BCUT2D eigenvalue weighted by Crippen LogP contribution is 2.13. The van der Waals surface area contributed by atoms with E-state index >= 15 is 0 Å². The van der Waals surface area contributed by atoms with Crippen LogP contribution in [0.5, 0.6) is 0 Å². The van der Waals surface area contributed by atoms with Crippen molar-refractivity contribution in [2.24, 2.45) is 5.73 Å². The van der Waals surface area contributed by atoms with Crippen molar-refractivity contribution in [2.75, 3.05) is 0 Å². The fourth-order valence-corrected chi connectivity index (χ4v) is 1.56. The number of nitrogens with zero attached hydrogens (tertiary/aromatic N) is 4. The molecule has 2 N–H and O–H groups in total. The van der Waals surface area contributed by atoms with Crippen LogP contribution in [0.2, 0.25) is 0 Å². The fourth-order valence-electron chi connectivity index (χ4n) is 1.56. The van der Waals surface area contributed by atoms with E-state index < -0.39 is 0 Å². The van der Waals surface area contributed by atoms with E-state index in [2.05, 4.69) is 22.2 Å². The molecule has 2 rings (SSSR count).